The fourth-order valence-electron chi connectivity index (χ4n) is 1.56. The summed E-state index contributed by atoms with van der Waals surface area (Å²) in [7, 11) is 1.61. The maximum absolute atomic E-state index is 11.4. The molecular formula is C14H20O4. The van der Waals surface area contributed by atoms with Gasteiger partial charge in [-0.25, -0.2) is 0 Å². The van der Waals surface area contributed by atoms with Crippen molar-refractivity contribution in [2.45, 2.75) is 32.8 Å². The van der Waals surface area contributed by atoms with Crippen molar-refractivity contribution < 1.29 is 19.0 Å². The lowest BCUT2D eigenvalue weighted by atomic mass is 10.1. The smallest absolute Gasteiger partial charge is 0.309 e. The van der Waals surface area contributed by atoms with Crippen molar-refractivity contribution in [3.05, 3.63) is 24.3 Å². The number of benzene rings is 1. The summed E-state index contributed by atoms with van der Waals surface area (Å²) in [6.45, 7) is 5.88. The van der Waals surface area contributed by atoms with Crippen molar-refractivity contribution in [1.29, 1.82) is 0 Å². The number of methoxy groups -OCH3 is 1. The molecular weight excluding hydrogens is 232 g/mol. The van der Waals surface area contributed by atoms with Crippen LogP contribution in [0.3, 0.4) is 0 Å². The second kappa shape index (κ2) is 6.28. The molecule has 0 aromatic heterocycles. The van der Waals surface area contributed by atoms with Gasteiger partial charge in [0.25, 0.3) is 0 Å². The Morgan fingerprint density at radius 1 is 1.17 bits per heavy atom. The summed E-state index contributed by atoms with van der Waals surface area (Å²) < 4.78 is 15.7. The molecule has 100 valence electrons. The average molecular weight is 252 g/mol. The van der Waals surface area contributed by atoms with Crippen LogP contribution in [-0.2, 0) is 9.53 Å². The van der Waals surface area contributed by atoms with Crippen LogP contribution in [0.2, 0.25) is 0 Å². The lowest BCUT2D eigenvalue weighted by molar-refractivity contribution is -0.146. The van der Waals surface area contributed by atoms with Crippen LogP contribution in [0.1, 0.15) is 27.2 Å². The molecule has 0 saturated carbocycles. The number of carbonyl (C=O) groups is 1. The van der Waals surface area contributed by atoms with Gasteiger partial charge in [0, 0.05) is 0 Å². The van der Waals surface area contributed by atoms with E-state index in [-0.39, 0.29) is 12.4 Å². The Hall–Kier alpha value is -1.71. The molecule has 4 nitrogen and oxygen atoms in total. The summed E-state index contributed by atoms with van der Waals surface area (Å²) in [6, 6.07) is 7.25. The van der Waals surface area contributed by atoms with Gasteiger partial charge in [-0.3, -0.25) is 4.79 Å². The highest BCUT2D eigenvalue weighted by atomic mass is 16.5. The van der Waals surface area contributed by atoms with Crippen molar-refractivity contribution in [2.24, 2.45) is 0 Å². The van der Waals surface area contributed by atoms with Gasteiger partial charge in [-0.1, -0.05) is 0 Å². The van der Waals surface area contributed by atoms with Crippen LogP contribution in [0.4, 0.5) is 0 Å². The van der Waals surface area contributed by atoms with Crippen molar-refractivity contribution in [2.75, 3.05) is 13.7 Å². The number of esters is 1. The summed E-state index contributed by atoms with van der Waals surface area (Å²) in [6.07, 6.45) is 0.215. The minimum atomic E-state index is -0.596. The predicted molar refractivity (Wildman–Crippen MR) is 69.0 cm³/mol. The molecule has 0 aliphatic heterocycles. The maximum Gasteiger partial charge on any atom is 0.309 e. The Kier molecular flexibility index (Phi) is 5.01. The molecule has 0 saturated heterocycles. The van der Waals surface area contributed by atoms with Crippen molar-refractivity contribution in [1.82, 2.24) is 0 Å². The largest absolute Gasteiger partial charge is 0.497 e. The van der Waals surface area contributed by atoms with E-state index in [1.165, 1.54) is 0 Å². The Bertz CT molecular complexity index is 381. The molecule has 0 aliphatic rings. The fourth-order valence-corrected chi connectivity index (χ4v) is 1.56. The molecule has 4 heteroatoms. The minimum Gasteiger partial charge on any atom is -0.497 e. The molecule has 0 aliphatic carbocycles. The first-order valence-corrected chi connectivity index (χ1v) is 5.95. The molecule has 0 unspecified atom stereocenters. The Labute approximate surface area is 108 Å². The van der Waals surface area contributed by atoms with Crippen LogP contribution in [0.25, 0.3) is 0 Å². The monoisotopic (exact) mass is 252 g/mol. The third-order valence-electron chi connectivity index (χ3n) is 2.33. The molecule has 1 rings (SSSR count). The normalized spacial score (nSPS) is 10.9. The van der Waals surface area contributed by atoms with Crippen LogP contribution in [0.5, 0.6) is 11.5 Å². The van der Waals surface area contributed by atoms with Crippen LogP contribution in [0.15, 0.2) is 24.3 Å². The molecule has 0 bridgehead atoms. The van der Waals surface area contributed by atoms with Crippen LogP contribution >= 0.6 is 0 Å². The molecule has 18 heavy (non-hydrogen) atoms. The number of hydrogen-bond acceptors (Lipinski definition) is 4. The SMILES string of the molecule is CCOC(=O)CC(C)(C)Oc1ccc(OC)cc1. The lowest BCUT2D eigenvalue weighted by Crippen LogP contribution is -2.32. The van der Waals surface area contributed by atoms with Gasteiger partial charge in [-0.05, 0) is 45.0 Å². The quantitative estimate of drug-likeness (QED) is 0.730. The van der Waals surface area contributed by atoms with Crippen LogP contribution in [-0.4, -0.2) is 25.3 Å². The summed E-state index contributed by atoms with van der Waals surface area (Å²) in [4.78, 5) is 11.4. The number of carbonyl (C=O) groups excluding carboxylic acids is 1. The van der Waals surface area contributed by atoms with E-state index in [4.69, 9.17) is 14.2 Å². The van der Waals surface area contributed by atoms with Crippen molar-refractivity contribution >= 4 is 5.97 Å². The highest BCUT2D eigenvalue weighted by molar-refractivity contribution is 5.70. The molecule has 0 fully saturated rings. The second-order valence-corrected chi connectivity index (χ2v) is 4.52. The van der Waals surface area contributed by atoms with E-state index < -0.39 is 5.60 Å². The topological polar surface area (TPSA) is 44.8 Å². The zero-order valence-electron chi connectivity index (χ0n) is 11.4. The summed E-state index contributed by atoms with van der Waals surface area (Å²) in [5.74, 6) is 1.21. The summed E-state index contributed by atoms with van der Waals surface area (Å²) in [5, 5.41) is 0. The molecule has 0 heterocycles. The molecule has 0 atom stereocenters. The second-order valence-electron chi connectivity index (χ2n) is 4.52. The van der Waals surface area contributed by atoms with E-state index in [9.17, 15) is 4.79 Å². The van der Waals surface area contributed by atoms with Gasteiger partial charge in [0.15, 0.2) is 0 Å². The van der Waals surface area contributed by atoms with Gasteiger partial charge in [-0.2, -0.15) is 0 Å². The van der Waals surface area contributed by atoms with E-state index >= 15 is 0 Å². The minimum absolute atomic E-state index is 0.215. The van der Waals surface area contributed by atoms with E-state index in [1.54, 1.807) is 14.0 Å². The van der Waals surface area contributed by atoms with E-state index in [0.29, 0.717) is 12.4 Å². The van der Waals surface area contributed by atoms with E-state index in [2.05, 4.69) is 0 Å². The highest BCUT2D eigenvalue weighted by Gasteiger charge is 2.24. The zero-order chi connectivity index (χ0) is 13.6. The van der Waals surface area contributed by atoms with E-state index in [1.807, 2.05) is 38.1 Å². The molecule has 1 aromatic rings. The van der Waals surface area contributed by atoms with Crippen molar-refractivity contribution in [3.8, 4) is 11.5 Å². The van der Waals surface area contributed by atoms with Crippen LogP contribution < -0.4 is 9.47 Å². The third-order valence-corrected chi connectivity index (χ3v) is 2.33. The van der Waals surface area contributed by atoms with Gasteiger partial charge in [-0.15, -0.1) is 0 Å². The zero-order valence-corrected chi connectivity index (χ0v) is 11.4. The average Bonchev–Trinajstić information content (AvgIpc) is 2.29. The standard InChI is InChI=1S/C14H20O4/c1-5-17-13(15)10-14(2,3)18-12-8-6-11(16-4)7-9-12/h6-9H,5,10H2,1-4H3. The Morgan fingerprint density at radius 3 is 2.22 bits per heavy atom. The first-order valence-electron chi connectivity index (χ1n) is 5.95. The summed E-state index contributed by atoms with van der Waals surface area (Å²) in [5.41, 5.74) is -0.596. The molecule has 0 N–H and O–H groups in total. The van der Waals surface area contributed by atoms with Gasteiger partial charge in [0.2, 0.25) is 0 Å². The first-order chi connectivity index (χ1) is 8.46. The summed E-state index contributed by atoms with van der Waals surface area (Å²) >= 11 is 0. The van der Waals surface area contributed by atoms with Crippen LogP contribution in [0, 0.1) is 0 Å². The van der Waals surface area contributed by atoms with Gasteiger partial charge < -0.3 is 14.2 Å². The maximum atomic E-state index is 11.4. The molecule has 0 radical (unpaired) electrons. The molecule has 0 amide bonds. The fraction of sp³-hybridized carbons (Fsp3) is 0.500. The Morgan fingerprint density at radius 2 is 1.72 bits per heavy atom. The molecule has 1 aromatic carbocycles. The number of rotatable bonds is 6. The third kappa shape index (κ3) is 4.65. The first kappa shape index (κ1) is 14.4. The van der Waals surface area contributed by atoms with Gasteiger partial charge in [0.1, 0.15) is 17.1 Å². The van der Waals surface area contributed by atoms with Gasteiger partial charge in [0.05, 0.1) is 20.1 Å². The number of hydrogen-bond donors (Lipinski definition) is 0. The molecule has 0 spiro atoms. The van der Waals surface area contributed by atoms with Gasteiger partial charge >= 0.3 is 5.97 Å². The van der Waals surface area contributed by atoms with Crippen molar-refractivity contribution in [3.63, 3.8) is 0 Å². The Balaban J connectivity index is 2.60. The van der Waals surface area contributed by atoms with E-state index in [0.717, 1.165) is 5.75 Å². The highest BCUT2D eigenvalue weighted by Crippen LogP contribution is 2.23. The lowest BCUT2D eigenvalue weighted by Gasteiger charge is -2.25. The predicted octanol–water partition coefficient (Wildman–Crippen LogP) is 2.81. The number of ether oxygens (including phenoxy) is 3.